The maximum absolute atomic E-state index is 14.7. The molecule has 2 fully saturated rings. The van der Waals surface area contributed by atoms with E-state index in [2.05, 4.69) is 10.3 Å². The number of carbonyl (C=O) groups excluding carboxylic acids is 2. The zero-order chi connectivity index (χ0) is 31.2. The highest BCUT2D eigenvalue weighted by Gasteiger charge is 2.66. The molecule has 3 aromatic rings. The van der Waals surface area contributed by atoms with Crippen molar-refractivity contribution in [3.8, 4) is 0 Å². The first kappa shape index (κ1) is 30.9. The highest BCUT2D eigenvalue weighted by Crippen LogP contribution is 2.60. The molecular weight excluding hydrogens is 598 g/mol. The summed E-state index contributed by atoms with van der Waals surface area (Å²) in [5.41, 5.74) is 2.40. The maximum Gasteiger partial charge on any atom is 0.264 e. The van der Waals surface area contributed by atoms with Crippen molar-refractivity contribution in [1.82, 2.24) is 15.0 Å². The van der Waals surface area contributed by atoms with Gasteiger partial charge in [-0.2, -0.15) is 0 Å². The van der Waals surface area contributed by atoms with Crippen LogP contribution in [0.4, 0.5) is 11.4 Å². The second-order valence-corrected chi connectivity index (χ2v) is 17.2. The van der Waals surface area contributed by atoms with Crippen LogP contribution in [0.5, 0.6) is 0 Å². The lowest BCUT2D eigenvalue weighted by Crippen LogP contribution is -2.46. The van der Waals surface area contributed by atoms with E-state index in [0.717, 1.165) is 35.3 Å². The third kappa shape index (κ3) is 5.49. The highest BCUT2D eigenvalue weighted by molar-refractivity contribution is 6.71. The van der Waals surface area contributed by atoms with Gasteiger partial charge in [0.2, 0.25) is 5.91 Å². The standard InChI is InChI=1S/C32H40ClN5O5Si/c1-21-30(44(2,3)42)28(12-15-36-20-24(13-16-39)34-35-36)43-32(21)26-18-23(33)10-11-27(26)38(31(32)41)19-22-7-6-8-25(17-22)37-14-5-4-9-29(37)40/h6-8,10-11,17-18,20-21,28,30,39,42H,4-5,9,12-16,19H2,1-3H3/t21-,28+,30-,32+/m0/s1. The van der Waals surface area contributed by atoms with Crippen molar-refractivity contribution >= 4 is 43.1 Å². The lowest BCUT2D eigenvalue weighted by molar-refractivity contribution is -0.146. The molecule has 2 aromatic carbocycles. The van der Waals surface area contributed by atoms with Crippen molar-refractivity contribution in [3.63, 3.8) is 0 Å². The van der Waals surface area contributed by atoms with Crippen LogP contribution >= 0.6 is 11.6 Å². The van der Waals surface area contributed by atoms with E-state index in [9.17, 15) is 19.5 Å². The number of nitrogens with zero attached hydrogens (tertiary/aromatic N) is 5. The van der Waals surface area contributed by atoms with Crippen LogP contribution in [0.25, 0.3) is 0 Å². The summed E-state index contributed by atoms with van der Waals surface area (Å²) < 4.78 is 8.63. The minimum absolute atomic E-state index is 0.00189. The Hall–Kier alpha value is -3.09. The van der Waals surface area contributed by atoms with Gasteiger partial charge in [-0.3, -0.25) is 14.3 Å². The molecule has 44 heavy (non-hydrogen) atoms. The van der Waals surface area contributed by atoms with Crippen molar-refractivity contribution in [2.45, 2.75) is 82.5 Å². The number of fused-ring (bicyclic) bond motifs is 2. The number of aliphatic hydroxyl groups is 1. The number of piperidine rings is 1. The zero-order valence-corrected chi connectivity index (χ0v) is 27.2. The summed E-state index contributed by atoms with van der Waals surface area (Å²) in [4.78, 5) is 42.5. The van der Waals surface area contributed by atoms with Crippen LogP contribution in [0.3, 0.4) is 0 Å². The van der Waals surface area contributed by atoms with Gasteiger partial charge in [-0.15, -0.1) is 5.10 Å². The number of carbonyl (C=O) groups is 2. The first-order valence-electron chi connectivity index (χ1n) is 15.4. The summed E-state index contributed by atoms with van der Waals surface area (Å²) in [5.74, 6) is -0.355. The van der Waals surface area contributed by atoms with Crippen LogP contribution in [0.2, 0.25) is 23.7 Å². The molecule has 0 unspecified atom stereocenters. The highest BCUT2D eigenvalue weighted by atomic mass is 35.5. The molecule has 4 atom stereocenters. The Labute approximate surface area is 263 Å². The van der Waals surface area contributed by atoms with Crippen LogP contribution in [-0.2, 0) is 39.4 Å². The topological polar surface area (TPSA) is 121 Å². The molecule has 3 aliphatic rings. The van der Waals surface area contributed by atoms with Crippen LogP contribution in [0, 0.1) is 5.92 Å². The predicted octanol–water partition coefficient (Wildman–Crippen LogP) is 4.42. The molecule has 12 heteroatoms. The smallest absolute Gasteiger partial charge is 0.264 e. The van der Waals surface area contributed by atoms with Crippen LogP contribution in [0.15, 0.2) is 48.7 Å². The summed E-state index contributed by atoms with van der Waals surface area (Å²) in [6, 6.07) is 13.3. The second-order valence-electron chi connectivity index (χ2n) is 12.8. The van der Waals surface area contributed by atoms with Gasteiger partial charge in [0.25, 0.3) is 5.91 Å². The number of halogens is 1. The number of ether oxygens (including phenoxy) is 1. The lowest BCUT2D eigenvalue weighted by atomic mass is 9.82. The van der Waals surface area contributed by atoms with E-state index in [-0.39, 0.29) is 29.9 Å². The van der Waals surface area contributed by atoms with Gasteiger partial charge in [0, 0.05) is 66.5 Å². The zero-order valence-electron chi connectivity index (χ0n) is 25.4. The van der Waals surface area contributed by atoms with Crippen LogP contribution in [-0.4, -0.2) is 64.3 Å². The fraction of sp³-hybridized carbons (Fsp3) is 0.500. The Morgan fingerprint density at radius 2 is 1.98 bits per heavy atom. The number of rotatable bonds is 9. The van der Waals surface area contributed by atoms with Gasteiger partial charge >= 0.3 is 0 Å². The van der Waals surface area contributed by atoms with Gasteiger partial charge in [0.05, 0.1) is 24.0 Å². The third-order valence-corrected chi connectivity index (χ3v) is 12.2. The Balaban J connectivity index is 1.32. The van der Waals surface area contributed by atoms with E-state index < -0.39 is 20.0 Å². The second kappa shape index (κ2) is 12.0. The van der Waals surface area contributed by atoms with Crippen molar-refractivity contribution in [2.75, 3.05) is 23.0 Å². The van der Waals surface area contributed by atoms with E-state index >= 15 is 0 Å². The Bertz CT molecular complexity index is 1560. The summed E-state index contributed by atoms with van der Waals surface area (Å²) in [7, 11) is -2.83. The first-order chi connectivity index (χ1) is 21.0. The van der Waals surface area contributed by atoms with Crippen molar-refractivity contribution < 1.29 is 24.2 Å². The minimum atomic E-state index is -2.83. The maximum atomic E-state index is 14.7. The van der Waals surface area contributed by atoms with Gasteiger partial charge in [-0.05, 0) is 68.3 Å². The quantitative estimate of drug-likeness (QED) is 0.333. The first-order valence-corrected chi connectivity index (χ1v) is 18.8. The number of anilines is 2. The molecule has 2 amide bonds. The van der Waals surface area contributed by atoms with Crippen molar-refractivity contribution in [2.24, 2.45) is 5.92 Å². The molecule has 0 radical (unpaired) electrons. The number of hydrogen-bond acceptors (Lipinski definition) is 7. The molecule has 0 aliphatic carbocycles. The van der Waals surface area contributed by atoms with E-state index in [1.807, 2.05) is 67.5 Å². The van der Waals surface area contributed by atoms with Gasteiger partial charge in [0.1, 0.15) is 0 Å². The van der Waals surface area contributed by atoms with Gasteiger partial charge < -0.3 is 24.4 Å². The van der Waals surface area contributed by atoms with Crippen molar-refractivity contribution in [3.05, 3.63) is 70.5 Å². The number of aliphatic hydroxyl groups excluding tert-OH is 1. The molecule has 0 bridgehead atoms. The van der Waals surface area contributed by atoms with Gasteiger partial charge in [0.15, 0.2) is 13.9 Å². The molecule has 2 saturated heterocycles. The normalized spacial score (nSPS) is 25.4. The molecule has 6 rings (SSSR count). The molecule has 3 aliphatic heterocycles. The molecule has 4 heterocycles. The number of amides is 2. The Kier molecular flexibility index (Phi) is 8.44. The molecular formula is C32H40ClN5O5Si. The molecule has 234 valence electrons. The molecule has 0 saturated carbocycles. The monoisotopic (exact) mass is 637 g/mol. The number of aryl methyl sites for hydroxylation is 1. The van der Waals surface area contributed by atoms with E-state index in [1.54, 1.807) is 15.6 Å². The molecule has 2 N–H and O–H groups in total. The molecule has 1 aromatic heterocycles. The Morgan fingerprint density at radius 3 is 2.73 bits per heavy atom. The Morgan fingerprint density at radius 1 is 1.16 bits per heavy atom. The number of hydrogen-bond donors (Lipinski definition) is 2. The predicted molar refractivity (Wildman–Crippen MR) is 170 cm³/mol. The largest absolute Gasteiger partial charge is 0.432 e. The number of benzene rings is 2. The minimum Gasteiger partial charge on any atom is -0.432 e. The van der Waals surface area contributed by atoms with Crippen LogP contribution in [0.1, 0.15) is 49.4 Å². The fourth-order valence-electron chi connectivity index (χ4n) is 7.50. The third-order valence-electron chi connectivity index (χ3n) is 9.43. The van der Waals surface area contributed by atoms with E-state index in [1.165, 1.54) is 0 Å². The van der Waals surface area contributed by atoms with Gasteiger partial charge in [-0.1, -0.05) is 35.9 Å². The van der Waals surface area contributed by atoms with E-state index in [0.29, 0.717) is 49.6 Å². The average molecular weight is 638 g/mol. The summed E-state index contributed by atoms with van der Waals surface area (Å²) >= 11 is 6.54. The average Bonchev–Trinajstić information content (AvgIpc) is 3.62. The number of aromatic nitrogens is 3. The summed E-state index contributed by atoms with van der Waals surface area (Å²) in [5, 5.41) is 18.1. The van der Waals surface area contributed by atoms with E-state index in [4.69, 9.17) is 16.3 Å². The lowest BCUT2D eigenvalue weighted by Gasteiger charge is -2.32. The van der Waals surface area contributed by atoms with Crippen molar-refractivity contribution in [1.29, 1.82) is 0 Å². The SMILES string of the molecule is C[C@H]1[C@H]([Si](C)(C)O)[C@@H](CCn2cc(CCO)nn2)O[C@]12C(=O)N(Cc1cccc(N3CCCCC3=O)c1)c1ccc(Cl)cc12. The molecule has 10 nitrogen and oxygen atoms in total. The summed E-state index contributed by atoms with van der Waals surface area (Å²) in [6.07, 6.45) is 4.81. The van der Waals surface area contributed by atoms with Gasteiger partial charge in [-0.25, -0.2) is 0 Å². The summed E-state index contributed by atoms with van der Waals surface area (Å²) in [6.45, 7) is 7.32. The van der Waals surface area contributed by atoms with Crippen LogP contribution < -0.4 is 9.80 Å². The molecule has 1 spiro atoms. The fourth-order valence-corrected chi connectivity index (χ4v) is 10.3.